The van der Waals surface area contributed by atoms with Gasteiger partial charge in [-0.25, -0.2) is 0 Å². The Bertz CT molecular complexity index is 162. The Labute approximate surface area is 92.0 Å². The number of ether oxygens (including phenoxy) is 1. The van der Waals surface area contributed by atoms with Gasteiger partial charge in [-0.05, 0) is 32.2 Å². The molecule has 4 heteroatoms. The first kappa shape index (κ1) is 14.4. The van der Waals surface area contributed by atoms with Crippen LogP contribution in [-0.2, 0) is 9.53 Å². The molecule has 0 aromatic heterocycles. The average Bonchev–Trinajstić information content (AvgIpc) is 2.21. The van der Waals surface area contributed by atoms with Crippen LogP contribution in [-0.4, -0.2) is 37.4 Å². The second-order valence-corrected chi connectivity index (χ2v) is 3.69. The maximum absolute atomic E-state index is 10.8. The highest BCUT2D eigenvalue weighted by Crippen LogP contribution is 1.99. The van der Waals surface area contributed by atoms with Crippen LogP contribution in [0.4, 0.5) is 0 Å². The maximum Gasteiger partial charge on any atom is 0.320 e. The average molecular weight is 217 g/mol. The third-order valence-electron chi connectivity index (χ3n) is 2.29. The Morgan fingerprint density at radius 3 is 2.67 bits per heavy atom. The fraction of sp³-hybridized carbons (Fsp3) is 0.909. The molecule has 1 atom stereocenters. The Kier molecular flexibility index (Phi) is 9.52. The van der Waals surface area contributed by atoms with Crippen LogP contribution in [0.25, 0.3) is 0 Å². The lowest BCUT2D eigenvalue weighted by atomic mass is 10.1. The first-order chi connectivity index (χ1) is 7.22. The van der Waals surface area contributed by atoms with E-state index >= 15 is 0 Å². The minimum absolute atomic E-state index is 0.377. The van der Waals surface area contributed by atoms with Gasteiger partial charge in [0.05, 0.1) is 0 Å². The van der Waals surface area contributed by atoms with E-state index in [1.807, 2.05) is 6.92 Å². The van der Waals surface area contributed by atoms with Gasteiger partial charge in [-0.15, -0.1) is 0 Å². The minimum Gasteiger partial charge on any atom is -0.480 e. The third kappa shape index (κ3) is 8.39. The Morgan fingerprint density at radius 1 is 1.40 bits per heavy atom. The number of hydrogen-bond donors (Lipinski definition) is 2. The van der Waals surface area contributed by atoms with Crippen molar-refractivity contribution in [3.8, 4) is 0 Å². The normalized spacial score (nSPS) is 12.7. The van der Waals surface area contributed by atoms with E-state index in [0.29, 0.717) is 6.42 Å². The van der Waals surface area contributed by atoms with Gasteiger partial charge in [-0.2, -0.15) is 0 Å². The second-order valence-electron chi connectivity index (χ2n) is 3.69. The number of carboxylic acid groups (broad SMARTS) is 1. The summed E-state index contributed by atoms with van der Waals surface area (Å²) in [5.74, 6) is -0.742. The first-order valence-corrected chi connectivity index (χ1v) is 5.67. The van der Waals surface area contributed by atoms with Crippen molar-refractivity contribution in [3.63, 3.8) is 0 Å². The summed E-state index contributed by atoms with van der Waals surface area (Å²) < 4.78 is 4.93. The van der Waals surface area contributed by atoms with Gasteiger partial charge in [0.1, 0.15) is 6.04 Å². The van der Waals surface area contributed by atoms with Crippen LogP contribution in [0.15, 0.2) is 0 Å². The zero-order valence-corrected chi connectivity index (χ0v) is 9.79. The van der Waals surface area contributed by atoms with Crippen LogP contribution < -0.4 is 5.32 Å². The van der Waals surface area contributed by atoms with Crippen LogP contribution in [0, 0.1) is 0 Å². The van der Waals surface area contributed by atoms with E-state index in [1.165, 1.54) is 0 Å². The molecular weight excluding hydrogens is 194 g/mol. The zero-order chi connectivity index (χ0) is 11.5. The van der Waals surface area contributed by atoms with Crippen LogP contribution in [0.5, 0.6) is 0 Å². The predicted molar refractivity (Wildman–Crippen MR) is 60.1 cm³/mol. The quantitative estimate of drug-likeness (QED) is 0.546. The largest absolute Gasteiger partial charge is 0.480 e. The molecule has 0 saturated heterocycles. The lowest BCUT2D eigenvalue weighted by Gasteiger charge is -2.12. The SMILES string of the molecule is CCCC(NCCCCCOC)C(=O)O. The molecule has 0 heterocycles. The van der Waals surface area contributed by atoms with E-state index < -0.39 is 5.97 Å². The number of carbonyl (C=O) groups is 1. The van der Waals surface area contributed by atoms with Gasteiger partial charge in [-0.3, -0.25) is 4.79 Å². The van der Waals surface area contributed by atoms with E-state index in [4.69, 9.17) is 9.84 Å². The summed E-state index contributed by atoms with van der Waals surface area (Å²) in [4.78, 5) is 10.8. The molecule has 0 amide bonds. The lowest BCUT2D eigenvalue weighted by Crippen LogP contribution is -2.37. The van der Waals surface area contributed by atoms with Crippen molar-refractivity contribution in [3.05, 3.63) is 0 Å². The third-order valence-corrected chi connectivity index (χ3v) is 2.29. The summed E-state index contributed by atoms with van der Waals surface area (Å²) in [6.45, 7) is 3.56. The molecule has 0 aliphatic carbocycles. The van der Waals surface area contributed by atoms with Crippen LogP contribution in [0.1, 0.15) is 39.0 Å². The van der Waals surface area contributed by atoms with Crippen molar-refractivity contribution in [1.29, 1.82) is 0 Å². The van der Waals surface area contributed by atoms with Gasteiger partial charge >= 0.3 is 5.97 Å². The fourth-order valence-corrected chi connectivity index (χ4v) is 1.43. The molecule has 0 saturated carbocycles. The molecule has 0 rings (SSSR count). The van der Waals surface area contributed by atoms with Crippen molar-refractivity contribution < 1.29 is 14.6 Å². The highest BCUT2D eigenvalue weighted by molar-refractivity contribution is 5.73. The van der Waals surface area contributed by atoms with Crippen molar-refractivity contribution in [2.24, 2.45) is 0 Å². The van der Waals surface area contributed by atoms with Crippen molar-refractivity contribution in [1.82, 2.24) is 5.32 Å². The standard InChI is InChI=1S/C11H23NO3/c1-3-7-10(11(13)14)12-8-5-4-6-9-15-2/h10,12H,3-9H2,1-2H3,(H,13,14). The second kappa shape index (κ2) is 9.93. The predicted octanol–water partition coefficient (Wildman–Crippen LogP) is 1.65. The summed E-state index contributed by atoms with van der Waals surface area (Å²) in [5, 5.41) is 11.9. The molecule has 0 spiro atoms. The number of rotatable bonds is 10. The molecule has 0 bridgehead atoms. The summed E-state index contributed by atoms with van der Waals surface area (Å²) in [7, 11) is 1.69. The van der Waals surface area contributed by atoms with Gasteiger partial charge < -0.3 is 15.2 Å². The molecule has 0 aromatic carbocycles. The molecule has 0 radical (unpaired) electrons. The molecule has 2 N–H and O–H groups in total. The van der Waals surface area contributed by atoms with E-state index in [9.17, 15) is 4.79 Å². The number of carboxylic acids is 1. The number of hydrogen-bond acceptors (Lipinski definition) is 3. The maximum atomic E-state index is 10.8. The summed E-state index contributed by atoms with van der Waals surface area (Å²) in [6, 6.07) is -0.377. The number of unbranched alkanes of at least 4 members (excludes halogenated alkanes) is 2. The first-order valence-electron chi connectivity index (χ1n) is 5.67. The summed E-state index contributed by atoms with van der Waals surface area (Å²) in [5.41, 5.74) is 0. The van der Waals surface area contributed by atoms with Crippen LogP contribution in [0.2, 0.25) is 0 Å². The molecule has 1 unspecified atom stereocenters. The molecule has 0 aliphatic rings. The van der Waals surface area contributed by atoms with Gasteiger partial charge in [-0.1, -0.05) is 13.3 Å². The fourth-order valence-electron chi connectivity index (χ4n) is 1.43. The minimum atomic E-state index is -0.742. The molecule has 0 aromatic rings. The molecule has 0 fully saturated rings. The summed E-state index contributed by atoms with van der Waals surface area (Å²) >= 11 is 0. The molecule has 4 nitrogen and oxygen atoms in total. The Balaban J connectivity index is 3.41. The molecule has 0 aliphatic heterocycles. The lowest BCUT2D eigenvalue weighted by molar-refractivity contribution is -0.139. The number of methoxy groups -OCH3 is 1. The van der Waals surface area contributed by atoms with E-state index in [-0.39, 0.29) is 6.04 Å². The van der Waals surface area contributed by atoms with Crippen LogP contribution >= 0.6 is 0 Å². The van der Waals surface area contributed by atoms with Gasteiger partial charge in [0.15, 0.2) is 0 Å². The Morgan fingerprint density at radius 2 is 2.13 bits per heavy atom. The Hall–Kier alpha value is -0.610. The van der Waals surface area contributed by atoms with Gasteiger partial charge in [0.2, 0.25) is 0 Å². The van der Waals surface area contributed by atoms with E-state index in [0.717, 1.165) is 38.8 Å². The highest BCUT2D eigenvalue weighted by Gasteiger charge is 2.14. The highest BCUT2D eigenvalue weighted by atomic mass is 16.5. The molecule has 15 heavy (non-hydrogen) atoms. The summed E-state index contributed by atoms with van der Waals surface area (Å²) in [6.07, 6.45) is 4.74. The van der Waals surface area contributed by atoms with Crippen molar-refractivity contribution in [2.45, 2.75) is 45.1 Å². The van der Waals surface area contributed by atoms with E-state index in [1.54, 1.807) is 7.11 Å². The molecular formula is C11H23NO3. The van der Waals surface area contributed by atoms with Crippen molar-refractivity contribution in [2.75, 3.05) is 20.3 Å². The smallest absolute Gasteiger partial charge is 0.320 e. The van der Waals surface area contributed by atoms with Gasteiger partial charge in [0, 0.05) is 13.7 Å². The number of nitrogens with one attached hydrogen (secondary N) is 1. The zero-order valence-electron chi connectivity index (χ0n) is 9.79. The topological polar surface area (TPSA) is 58.6 Å². The molecule has 90 valence electrons. The van der Waals surface area contributed by atoms with Gasteiger partial charge in [0.25, 0.3) is 0 Å². The van der Waals surface area contributed by atoms with E-state index in [2.05, 4.69) is 5.32 Å². The monoisotopic (exact) mass is 217 g/mol. The van der Waals surface area contributed by atoms with Crippen LogP contribution in [0.3, 0.4) is 0 Å². The number of aliphatic carboxylic acids is 1. The van der Waals surface area contributed by atoms with Crippen molar-refractivity contribution >= 4 is 5.97 Å².